The van der Waals surface area contributed by atoms with Crippen LogP contribution in [0.25, 0.3) is 0 Å². The van der Waals surface area contributed by atoms with Gasteiger partial charge in [-0.25, -0.2) is 15.2 Å². The topological polar surface area (TPSA) is 63.2 Å². The highest BCUT2D eigenvalue weighted by atomic mass is 32.1. The van der Waals surface area contributed by atoms with Crippen molar-refractivity contribution >= 4 is 17.4 Å². The summed E-state index contributed by atoms with van der Waals surface area (Å²) in [6.45, 7) is 5.94. The van der Waals surface area contributed by atoms with E-state index in [1.165, 1.54) is 11.3 Å². The van der Waals surface area contributed by atoms with Crippen molar-refractivity contribution in [2.45, 2.75) is 32.9 Å². The van der Waals surface area contributed by atoms with E-state index in [1.807, 2.05) is 26.2 Å². The van der Waals surface area contributed by atoms with Gasteiger partial charge in [-0.15, -0.1) is 11.3 Å². The molecule has 0 spiro atoms. The first-order chi connectivity index (χ1) is 6.97. The maximum Gasteiger partial charge on any atom is 0.422 e. The van der Waals surface area contributed by atoms with Gasteiger partial charge in [0, 0.05) is 11.6 Å². The monoisotopic (exact) mass is 229 g/mol. The number of aromatic nitrogens is 1. The lowest BCUT2D eigenvalue weighted by atomic mass is 10.2. The predicted molar refractivity (Wildman–Crippen MR) is 58.3 cm³/mol. The average Bonchev–Trinajstić information content (AvgIpc) is 2.53. The smallest absolute Gasteiger partial charge is 0.422 e. The van der Waals surface area contributed by atoms with Crippen molar-refractivity contribution < 1.29 is 9.53 Å². The molecule has 0 aliphatic rings. The number of hydrogen-bond donors (Lipinski definition) is 2. The summed E-state index contributed by atoms with van der Waals surface area (Å²) in [7, 11) is 0. The number of hydrazine groups is 1. The fourth-order valence-electron chi connectivity index (χ4n) is 0.836. The summed E-state index contributed by atoms with van der Waals surface area (Å²) in [6, 6.07) is 0. The van der Waals surface area contributed by atoms with E-state index in [0.717, 1.165) is 5.01 Å². The molecular weight excluding hydrogens is 214 g/mol. The van der Waals surface area contributed by atoms with E-state index in [0.29, 0.717) is 6.54 Å². The highest BCUT2D eigenvalue weighted by molar-refractivity contribution is 7.09. The van der Waals surface area contributed by atoms with Crippen LogP contribution in [0.4, 0.5) is 4.79 Å². The van der Waals surface area contributed by atoms with Gasteiger partial charge in [-0.1, -0.05) is 0 Å². The largest absolute Gasteiger partial charge is 0.443 e. The molecular formula is C9H15N3O2S. The van der Waals surface area contributed by atoms with Crippen LogP contribution in [-0.4, -0.2) is 16.7 Å². The van der Waals surface area contributed by atoms with Crippen molar-refractivity contribution in [2.24, 2.45) is 0 Å². The SMILES string of the molecule is CC(C)(C)OC(=O)NNCc1nccs1. The second-order valence-corrected chi connectivity index (χ2v) is 4.89. The van der Waals surface area contributed by atoms with Crippen LogP contribution in [0.1, 0.15) is 25.8 Å². The van der Waals surface area contributed by atoms with Crippen molar-refractivity contribution in [1.82, 2.24) is 15.8 Å². The normalized spacial score (nSPS) is 11.1. The number of thiazole rings is 1. The molecule has 6 heteroatoms. The van der Waals surface area contributed by atoms with Gasteiger partial charge >= 0.3 is 6.09 Å². The first-order valence-corrected chi connectivity index (χ1v) is 5.45. The summed E-state index contributed by atoms with van der Waals surface area (Å²) in [5.74, 6) is 0. The Labute approximate surface area is 92.8 Å². The summed E-state index contributed by atoms with van der Waals surface area (Å²) in [5, 5.41) is 2.79. The van der Waals surface area contributed by atoms with Crippen molar-refractivity contribution in [3.8, 4) is 0 Å². The Morgan fingerprint density at radius 2 is 2.33 bits per heavy atom. The van der Waals surface area contributed by atoms with Crippen LogP contribution in [0, 0.1) is 0 Å². The van der Waals surface area contributed by atoms with E-state index < -0.39 is 11.7 Å². The molecule has 0 bridgehead atoms. The summed E-state index contributed by atoms with van der Waals surface area (Å²) in [6.07, 6.45) is 1.23. The molecule has 0 saturated heterocycles. The first-order valence-electron chi connectivity index (χ1n) is 4.57. The van der Waals surface area contributed by atoms with Crippen LogP contribution in [0.5, 0.6) is 0 Å². The molecule has 15 heavy (non-hydrogen) atoms. The molecule has 1 aromatic rings. The molecule has 84 valence electrons. The molecule has 0 radical (unpaired) electrons. The van der Waals surface area contributed by atoms with Crippen LogP contribution < -0.4 is 10.9 Å². The summed E-state index contributed by atoms with van der Waals surface area (Å²) >= 11 is 1.52. The minimum absolute atomic E-state index is 0.479. The highest BCUT2D eigenvalue weighted by Crippen LogP contribution is 2.06. The number of ether oxygens (including phenoxy) is 1. The fraction of sp³-hybridized carbons (Fsp3) is 0.556. The Hall–Kier alpha value is -1.14. The van der Waals surface area contributed by atoms with Crippen LogP contribution in [0.3, 0.4) is 0 Å². The lowest BCUT2D eigenvalue weighted by molar-refractivity contribution is 0.0497. The molecule has 0 aliphatic heterocycles. The lowest BCUT2D eigenvalue weighted by Gasteiger charge is -2.19. The van der Waals surface area contributed by atoms with Gasteiger partial charge in [-0.2, -0.15) is 0 Å². The molecule has 1 aromatic heterocycles. The van der Waals surface area contributed by atoms with E-state index in [4.69, 9.17) is 4.74 Å². The average molecular weight is 229 g/mol. The number of nitrogens with one attached hydrogen (secondary N) is 2. The van der Waals surface area contributed by atoms with E-state index in [1.54, 1.807) is 6.20 Å². The minimum atomic E-state index is -0.487. The first kappa shape index (κ1) is 11.9. The number of carbonyl (C=O) groups excluding carboxylic acids is 1. The number of carbonyl (C=O) groups is 1. The van der Waals surface area contributed by atoms with E-state index in [-0.39, 0.29) is 0 Å². The third-order valence-corrected chi connectivity index (χ3v) is 2.09. The molecule has 0 atom stereocenters. The second kappa shape index (κ2) is 5.09. The summed E-state index contributed by atoms with van der Waals surface area (Å²) in [5.41, 5.74) is 4.69. The molecule has 2 N–H and O–H groups in total. The van der Waals surface area contributed by atoms with Crippen LogP contribution in [0.15, 0.2) is 11.6 Å². The van der Waals surface area contributed by atoms with Crippen molar-refractivity contribution in [3.63, 3.8) is 0 Å². The number of rotatable bonds is 3. The highest BCUT2D eigenvalue weighted by Gasteiger charge is 2.15. The molecule has 0 aliphatic carbocycles. The molecule has 0 aromatic carbocycles. The Morgan fingerprint density at radius 1 is 1.60 bits per heavy atom. The van der Waals surface area contributed by atoms with Gasteiger partial charge in [0.25, 0.3) is 0 Å². The fourth-order valence-corrected chi connectivity index (χ4v) is 1.39. The molecule has 5 nitrogen and oxygen atoms in total. The van der Waals surface area contributed by atoms with Crippen molar-refractivity contribution in [2.75, 3.05) is 0 Å². The van der Waals surface area contributed by atoms with Gasteiger partial charge < -0.3 is 4.74 Å². The van der Waals surface area contributed by atoms with Gasteiger partial charge in [0.1, 0.15) is 10.6 Å². The van der Waals surface area contributed by atoms with Crippen LogP contribution in [-0.2, 0) is 11.3 Å². The lowest BCUT2D eigenvalue weighted by Crippen LogP contribution is -2.40. The standard InChI is InChI=1S/C9H15N3O2S/c1-9(2,3)14-8(13)12-11-6-7-10-4-5-15-7/h4-5,11H,6H2,1-3H3,(H,12,13). The minimum Gasteiger partial charge on any atom is -0.443 e. The Bertz CT molecular complexity index is 306. The maximum atomic E-state index is 11.2. The molecule has 1 amide bonds. The van der Waals surface area contributed by atoms with Gasteiger partial charge in [0.2, 0.25) is 0 Å². The summed E-state index contributed by atoms with van der Waals surface area (Å²) < 4.78 is 5.03. The van der Waals surface area contributed by atoms with Gasteiger partial charge in [-0.3, -0.25) is 5.43 Å². The Kier molecular flexibility index (Phi) is 4.05. The molecule has 1 heterocycles. The predicted octanol–water partition coefficient (Wildman–Crippen LogP) is 1.67. The number of hydrogen-bond acceptors (Lipinski definition) is 5. The maximum absolute atomic E-state index is 11.2. The summed E-state index contributed by atoms with van der Waals surface area (Å²) in [4.78, 5) is 15.2. The third-order valence-electron chi connectivity index (χ3n) is 1.31. The van der Waals surface area contributed by atoms with Crippen molar-refractivity contribution in [3.05, 3.63) is 16.6 Å². The Balaban J connectivity index is 2.18. The number of amides is 1. The molecule has 0 unspecified atom stereocenters. The zero-order valence-electron chi connectivity index (χ0n) is 9.03. The van der Waals surface area contributed by atoms with Crippen LogP contribution >= 0.6 is 11.3 Å². The van der Waals surface area contributed by atoms with Crippen molar-refractivity contribution in [1.29, 1.82) is 0 Å². The molecule has 0 saturated carbocycles. The van der Waals surface area contributed by atoms with Gasteiger partial charge in [0.15, 0.2) is 0 Å². The zero-order valence-corrected chi connectivity index (χ0v) is 9.85. The van der Waals surface area contributed by atoms with Gasteiger partial charge in [0.05, 0.1) is 6.54 Å². The van der Waals surface area contributed by atoms with E-state index in [2.05, 4.69) is 15.8 Å². The quantitative estimate of drug-likeness (QED) is 0.774. The van der Waals surface area contributed by atoms with E-state index >= 15 is 0 Å². The van der Waals surface area contributed by atoms with E-state index in [9.17, 15) is 4.79 Å². The second-order valence-electron chi connectivity index (χ2n) is 3.91. The third kappa shape index (κ3) is 5.34. The van der Waals surface area contributed by atoms with Gasteiger partial charge in [-0.05, 0) is 20.8 Å². The number of nitrogens with zero attached hydrogens (tertiary/aromatic N) is 1. The molecule has 1 rings (SSSR count). The van der Waals surface area contributed by atoms with Crippen LogP contribution in [0.2, 0.25) is 0 Å². The zero-order chi connectivity index (χ0) is 11.3. The molecule has 0 fully saturated rings. The Morgan fingerprint density at radius 3 is 2.87 bits per heavy atom.